The number of hydrogen-bond donors (Lipinski definition) is 6. The molecule has 2 aliphatic heterocycles. The Labute approximate surface area is 544 Å². The minimum Gasteiger partial charge on any atom is -0.756 e. The number of allylic oxidation sites excluding steroid dienone is 3. The van der Waals surface area contributed by atoms with Gasteiger partial charge in [0.25, 0.3) is 19.3 Å². The maximum absolute atomic E-state index is 13.1. The van der Waals surface area contributed by atoms with E-state index in [4.69, 9.17) is 44.5 Å². The highest BCUT2D eigenvalue weighted by molar-refractivity contribution is 7.60. The molecule has 95 heavy (non-hydrogen) atoms. The van der Waals surface area contributed by atoms with Crippen molar-refractivity contribution in [2.45, 2.75) is 77.2 Å². The molecule has 5 atom stereocenters. The van der Waals surface area contributed by atoms with Crippen LogP contribution >= 0.6 is 15.6 Å². The number of nitrogens with one attached hydrogen (secondary N) is 4. The molecule has 4 aromatic carbocycles. The fourth-order valence-electron chi connectivity index (χ4n) is 10.4. The summed E-state index contributed by atoms with van der Waals surface area (Å²) in [6, 6.07) is 37.6. The number of pyridine rings is 1. The largest absolute Gasteiger partial charge is 0.756 e. The second-order valence-electron chi connectivity index (χ2n) is 21.9. The summed E-state index contributed by atoms with van der Waals surface area (Å²) >= 11 is 0. The lowest BCUT2D eigenvalue weighted by atomic mass is 9.83. The predicted molar refractivity (Wildman–Crippen MR) is 343 cm³/mol. The molecule has 6 N–H and O–H groups in total. The van der Waals surface area contributed by atoms with Crippen molar-refractivity contribution in [3.63, 3.8) is 0 Å². The minimum atomic E-state index is -5.56. The Hall–Kier alpha value is -9.52. The molecule has 1 saturated heterocycles. The molecule has 0 bridgehead atoms. The van der Waals surface area contributed by atoms with Crippen molar-refractivity contribution in [2.75, 3.05) is 64.3 Å². The van der Waals surface area contributed by atoms with Gasteiger partial charge in [0.2, 0.25) is 11.8 Å². The number of phosphoric ester groups is 1. The van der Waals surface area contributed by atoms with Crippen LogP contribution in [0.15, 0.2) is 159 Å². The lowest BCUT2D eigenvalue weighted by molar-refractivity contribution is -0.700. The van der Waals surface area contributed by atoms with E-state index in [0.717, 1.165) is 44.5 Å². The van der Waals surface area contributed by atoms with Crippen molar-refractivity contribution in [1.29, 1.82) is 0 Å². The van der Waals surface area contributed by atoms with Crippen LogP contribution in [0.3, 0.4) is 0 Å². The van der Waals surface area contributed by atoms with Gasteiger partial charge in [-0.15, -0.1) is 0 Å². The summed E-state index contributed by atoms with van der Waals surface area (Å²) in [5.41, 5.74) is 25.7. The van der Waals surface area contributed by atoms with Crippen molar-refractivity contribution in [3.05, 3.63) is 226 Å². The van der Waals surface area contributed by atoms with Crippen molar-refractivity contribution in [2.24, 2.45) is 10.2 Å². The summed E-state index contributed by atoms with van der Waals surface area (Å²) in [4.78, 5) is 103. The molecule has 6 aromatic rings. The standard InChI is InChI=1S/C63H69N13O17P2/c1-42-31-46(13-10-21-55-63(3,4)51-19-8-9-20-52(51)76(55)49-16-6-5-7-17-49)32-43(2)74(42)36-45-24-22-44(23-25-45)33-56(77)67-27-28-68-60(79)47-14-11-18-50(34-47)89-40-58(71-73-65)88-30-29-87-39-57(78)66-26-12-15-48-37-75(62(81)70-61(48)80)59-35-53(90-41-69-72-64)54(92-59)38-91-95(85,86)93-94(82,83)84/h5-11,13-14,16-25,31-32,34,37,53-54,58-59H,26-30,33,35-36,38-41H2,1-4H3,(H6-,66,67,68,70,77,78,79,80,81,82,83,84,85,86). The first kappa shape index (κ1) is 71.3. The van der Waals surface area contributed by atoms with E-state index in [1.807, 2.05) is 30.3 Å². The summed E-state index contributed by atoms with van der Waals surface area (Å²) in [6.07, 6.45) is 2.66. The van der Waals surface area contributed by atoms with E-state index in [1.165, 1.54) is 23.0 Å². The molecule has 30 nitrogen and oxygen atoms in total. The number of aryl methyl sites for hydroxylation is 2. The third-order valence-electron chi connectivity index (χ3n) is 14.8. The number of benzene rings is 4. The molecule has 0 aliphatic carbocycles. The van der Waals surface area contributed by atoms with Crippen LogP contribution in [0, 0.1) is 25.7 Å². The van der Waals surface area contributed by atoms with E-state index in [2.05, 4.69) is 178 Å². The first-order chi connectivity index (χ1) is 45.5. The van der Waals surface area contributed by atoms with Crippen molar-refractivity contribution < 1.29 is 75.3 Å². The predicted octanol–water partition coefficient (Wildman–Crippen LogP) is 6.36. The fraction of sp³-hybridized carbons (Fsp3) is 0.333. The maximum Gasteiger partial charge on any atom is 0.476 e. The quantitative estimate of drug-likeness (QED) is 0.00524. The number of anilines is 2. The van der Waals surface area contributed by atoms with Gasteiger partial charge >= 0.3 is 13.5 Å². The second-order valence-corrected chi connectivity index (χ2v) is 24.7. The van der Waals surface area contributed by atoms with E-state index in [0.29, 0.717) is 6.54 Å². The van der Waals surface area contributed by atoms with Gasteiger partial charge in [0.1, 0.15) is 43.6 Å². The number of carbonyl (C=O) groups excluding carboxylic acids is 3. The zero-order valence-electron chi connectivity index (χ0n) is 52.0. The normalized spacial score (nSPS) is 16.9. The molecule has 0 spiro atoms. The number of ether oxygens (including phenoxy) is 5. The number of nitrogens with zero attached hydrogens (tertiary/aromatic N) is 9. The Morgan fingerprint density at radius 3 is 2.38 bits per heavy atom. The Balaban J connectivity index is 0.711. The molecule has 4 heterocycles. The van der Waals surface area contributed by atoms with Crippen LogP contribution < -0.4 is 46.3 Å². The smallest absolute Gasteiger partial charge is 0.476 e. The summed E-state index contributed by atoms with van der Waals surface area (Å²) in [5, 5.41) is 14.9. The Morgan fingerprint density at radius 2 is 1.64 bits per heavy atom. The lowest BCUT2D eigenvalue weighted by Gasteiger charge is -2.27. The highest BCUT2D eigenvalue weighted by Gasteiger charge is 2.41. The van der Waals surface area contributed by atoms with Crippen molar-refractivity contribution in [3.8, 4) is 17.6 Å². The summed E-state index contributed by atoms with van der Waals surface area (Å²) in [5.74, 6) is 4.10. The Kier molecular flexibility index (Phi) is 25.2. The molecule has 0 saturated carbocycles. The molecule has 8 rings (SSSR count). The van der Waals surface area contributed by atoms with E-state index in [9.17, 15) is 38.0 Å². The molecule has 5 unspecified atom stereocenters. The number of rotatable bonds is 31. The molecule has 3 amide bonds. The van der Waals surface area contributed by atoms with Crippen LogP contribution in [0.2, 0.25) is 0 Å². The number of azide groups is 2. The SMILES string of the molecule is Cc1cc(C=CC=C2N(c3ccccc3)c3ccccc3C2(C)C)cc(C)[n+]1Cc1ccc(CC(=O)NCCNC(=O)c2cccc(OCC(N=[N+]=[N-])OCCOCC(=O)NCC#Cc3cn(C4CC(OCN=[N+]=[N-])C(COP(=O)([O-])OP(=O)(O)O)O4)c(=O)[nH]c3=O)c2)cc1. The van der Waals surface area contributed by atoms with Crippen LogP contribution in [0.5, 0.6) is 5.75 Å². The molecular formula is C63H69N13O17P2. The van der Waals surface area contributed by atoms with Crippen LogP contribution in [-0.2, 0) is 64.9 Å². The van der Waals surface area contributed by atoms with Crippen molar-refractivity contribution >= 4 is 50.8 Å². The molecule has 2 aliphatic rings. The molecule has 1 fully saturated rings. The van der Waals surface area contributed by atoms with Gasteiger partial charge in [-0.3, -0.25) is 33.3 Å². The lowest BCUT2D eigenvalue weighted by Crippen LogP contribution is -2.40. The van der Waals surface area contributed by atoms with Gasteiger partial charge in [0.15, 0.2) is 24.2 Å². The average Bonchev–Trinajstić information content (AvgIpc) is 1.59. The van der Waals surface area contributed by atoms with E-state index in [-0.39, 0.29) is 80.5 Å². The summed E-state index contributed by atoms with van der Waals surface area (Å²) < 4.78 is 62.0. The number of hydrogen-bond acceptors (Lipinski definition) is 18. The highest BCUT2D eigenvalue weighted by atomic mass is 31.3. The fourth-order valence-corrected chi connectivity index (χ4v) is 11.9. The van der Waals surface area contributed by atoms with Crippen LogP contribution in [-0.4, -0.2) is 115 Å². The van der Waals surface area contributed by atoms with E-state index >= 15 is 0 Å². The number of aromatic amines is 1. The van der Waals surface area contributed by atoms with Gasteiger partial charge in [-0.2, -0.15) is 4.57 Å². The summed E-state index contributed by atoms with van der Waals surface area (Å²) in [7, 11) is -11.1. The molecule has 498 valence electrons. The number of para-hydroxylation sites is 2. The second kappa shape index (κ2) is 33.5. The molecule has 2 aromatic heterocycles. The van der Waals surface area contributed by atoms with Crippen LogP contribution in [0.25, 0.3) is 27.0 Å². The third-order valence-corrected chi connectivity index (χ3v) is 16.9. The van der Waals surface area contributed by atoms with Gasteiger partial charge in [-0.25, -0.2) is 13.7 Å². The topological polar surface area (TPSA) is 409 Å². The number of phosphoric acid groups is 2. The molecular weight excluding hydrogens is 1270 g/mol. The van der Waals surface area contributed by atoms with E-state index < -0.39 is 83.3 Å². The van der Waals surface area contributed by atoms with Gasteiger partial charge in [-0.1, -0.05) is 115 Å². The van der Waals surface area contributed by atoms with Crippen LogP contribution in [0.1, 0.15) is 76.1 Å². The molecule has 0 radical (unpaired) electrons. The average molecular weight is 1340 g/mol. The number of aromatic nitrogens is 3. The maximum atomic E-state index is 13.1. The molecule has 32 heteroatoms. The zero-order chi connectivity index (χ0) is 68.1. The first-order valence-electron chi connectivity index (χ1n) is 29.6. The number of fused-ring (bicyclic) bond motifs is 1. The number of amides is 3. The summed E-state index contributed by atoms with van der Waals surface area (Å²) in [6.45, 7) is 7.03. The first-order valence-corrected chi connectivity index (χ1v) is 32.5. The van der Waals surface area contributed by atoms with Crippen LogP contribution in [0.4, 0.5) is 11.4 Å². The Morgan fingerprint density at radius 1 is 0.916 bits per heavy atom. The van der Waals surface area contributed by atoms with Gasteiger partial charge in [-0.05, 0) is 70.2 Å². The van der Waals surface area contributed by atoms with Gasteiger partial charge in [0, 0.05) is 95.1 Å². The van der Waals surface area contributed by atoms with Gasteiger partial charge < -0.3 is 63.7 Å². The zero-order valence-corrected chi connectivity index (χ0v) is 53.8. The van der Waals surface area contributed by atoms with E-state index in [1.54, 1.807) is 18.2 Å². The van der Waals surface area contributed by atoms with Crippen molar-refractivity contribution in [1.82, 2.24) is 25.5 Å². The van der Waals surface area contributed by atoms with Gasteiger partial charge in [0.05, 0.1) is 38.9 Å². The third kappa shape index (κ3) is 20.7. The number of H-pyrrole nitrogens is 1. The monoisotopic (exact) mass is 1340 g/mol. The number of carbonyl (C=O) groups is 3. The highest BCUT2D eigenvalue weighted by Crippen LogP contribution is 2.55. The minimum absolute atomic E-state index is 0.123. The Bertz CT molecular complexity index is 4170.